The van der Waals surface area contributed by atoms with Gasteiger partial charge in [0.1, 0.15) is 5.75 Å². The van der Waals surface area contributed by atoms with E-state index < -0.39 is 10.0 Å². The molecule has 1 aliphatic rings. The zero-order valence-corrected chi connectivity index (χ0v) is 25.9. The van der Waals surface area contributed by atoms with Gasteiger partial charge in [0, 0.05) is 34.8 Å². The second kappa shape index (κ2) is 13.6. The van der Waals surface area contributed by atoms with Crippen molar-refractivity contribution in [2.24, 2.45) is 0 Å². The average molecular weight is 703 g/mol. The number of hydrogen-bond acceptors (Lipinski definition) is 9. The van der Waals surface area contributed by atoms with Gasteiger partial charge in [-0.3, -0.25) is 14.4 Å². The minimum Gasteiger partial charge on any atom is -0.497 e. The highest BCUT2D eigenvalue weighted by Crippen LogP contribution is 2.31. The van der Waals surface area contributed by atoms with Crippen molar-refractivity contribution in [3.8, 4) is 5.75 Å². The van der Waals surface area contributed by atoms with Crippen molar-refractivity contribution < 1.29 is 22.7 Å². The number of ether oxygens (including phenoxy) is 2. The van der Waals surface area contributed by atoms with Crippen molar-refractivity contribution in [3.05, 3.63) is 75.9 Å². The molecule has 220 valence electrons. The minimum absolute atomic E-state index is 0.0188. The third-order valence-corrected chi connectivity index (χ3v) is 8.95. The number of rotatable bonds is 11. The average Bonchev–Trinajstić information content (AvgIpc) is 3.01. The number of halogens is 1. The van der Waals surface area contributed by atoms with E-state index in [-0.39, 0.29) is 28.0 Å². The molecule has 1 aliphatic heterocycles. The number of carbonyl (C=O) groups excluding carboxylic acids is 1. The van der Waals surface area contributed by atoms with Gasteiger partial charge in [0.2, 0.25) is 0 Å². The highest BCUT2D eigenvalue weighted by Gasteiger charge is 2.21. The Labute approximate surface area is 258 Å². The Hall–Kier alpha value is -3.53. The Morgan fingerprint density at radius 1 is 1.00 bits per heavy atom. The number of morpholine rings is 1. The van der Waals surface area contributed by atoms with E-state index in [1.807, 2.05) is 18.2 Å². The summed E-state index contributed by atoms with van der Waals surface area (Å²) in [5.74, 6) is 0.530. The van der Waals surface area contributed by atoms with Gasteiger partial charge < -0.3 is 20.1 Å². The summed E-state index contributed by atoms with van der Waals surface area (Å²) in [7, 11) is -2.56. The quantitative estimate of drug-likeness (QED) is 0.155. The standard InChI is InChI=1S/C29H31IN6O5S/c1-40-21-10-11-23(30)26(19-21)34-27-28(33-25-9-3-2-8-24(25)32-27)35-42(38,39)22-7-4-6-20(18-22)29(37)31-12-5-13-36-14-16-41-17-15-36/h2-4,6-11,18-19H,5,12-17H2,1H3,(H,31,37)(H,32,34)(H,33,35). The van der Waals surface area contributed by atoms with Crippen molar-refractivity contribution in [1.82, 2.24) is 20.2 Å². The molecule has 13 heteroatoms. The molecule has 1 saturated heterocycles. The van der Waals surface area contributed by atoms with E-state index in [4.69, 9.17) is 9.47 Å². The first kappa shape index (κ1) is 29.9. The van der Waals surface area contributed by atoms with Crippen molar-refractivity contribution in [2.75, 3.05) is 56.5 Å². The summed E-state index contributed by atoms with van der Waals surface area (Å²) in [6, 6.07) is 18.6. The van der Waals surface area contributed by atoms with Crippen molar-refractivity contribution in [2.45, 2.75) is 11.3 Å². The molecule has 0 atom stereocenters. The molecule has 0 aliphatic carbocycles. The van der Waals surface area contributed by atoms with Crippen LogP contribution in [0.3, 0.4) is 0 Å². The van der Waals surface area contributed by atoms with Crippen LogP contribution in [0.5, 0.6) is 5.75 Å². The lowest BCUT2D eigenvalue weighted by Crippen LogP contribution is -2.38. The SMILES string of the molecule is COc1ccc(I)c(Nc2nc3ccccc3nc2NS(=O)(=O)c2cccc(C(=O)NCCCN3CCOCC3)c2)c1. The summed E-state index contributed by atoms with van der Waals surface area (Å²) < 4.78 is 41.2. The van der Waals surface area contributed by atoms with E-state index in [1.54, 1.807) is 43.5 Å². The van der Waals surface area contributed by atoms with Crippen LogP contribution in [0.25, 0.3) is 11.0 Å². The number of benzene rings is 3. The van der Waals surface area contributed by atoms with E-state index in [1.165, 1.54) is 12.1 Å². The number of para-hydroxylation sites is 2. The highest BCUT2D eigenvalue weighted by molar-refractivity contribution is 14.1. The minimum atomic E-state index is -4.13. The lowest BCUT2D eigenvalue weighted by atomic mass is 10.2. The third kappa shape index (κ3) is 7.45. The van der Waals surface area contributed by atoms with Crippen LogP contribution in [0.15, 0.2) is 71.6 Å². The molecule has 0 radical (unpaired) electrons. The van der Waals surface area contributed by atoms with Gasteiger partial charge in [-0.25, -0.2) is 18.4 Å². The second-order valence-corrected chi connectivity index (χ2v) is 12.4. The van der Waals surface area contributed by atoms with Gasteiger partial charge in [-0.15, -0.1) is 0 Å². The number of methoxy groups -OCH3 is 1. The van der Waals surface area contributed by atoms with Crippen molar-refractivity contribution in [3.63, 3.8) is 0 Å². The predicted molar refractivity (Wildman–Crippen MR) is 170 cm³/mol. The van der Waals surface area contributed by atoms with Gasteiger partial charge in [-0.05, 0) is 78.0 Å². The molecule has 11 nitrogen and oxygen atoms in total. The number of aromatic nitrogens is 2. The summed E-state index contributed by atoms with van der Waals surface area (Å²) in [6.45, 7) is 4.57. The molecule has 5 rings (SSSR count). The largest absolute Gasteiger partial charge is 0.497 e. The summed E-state index contributed by atoms with van der Waals surface area (Å²) in [6.07, 6.45) is 0.786. The molecule has 1 amide bonds. The number of nitrogens with one attached hydrogen (secondary N) is 3. The van der Waals surface area contributed by atoms with E-state index >= 15 is 0 Å². The van der Waals surface area contributed by atoms with Crippen LogP contribution in [-0.4, -0.2) is 75.7 Å². The maximum absolute atomic E-state index is 13.5. The third-order valence-electron chi connectivity index (χ3n) is 6.68. The van der Waals surface area contributed by atoms with Crippen molar-refractivity contribution >= 4 is 66.9 Å². The molecule has 3 aromatic carbocycles. The lowest BCUT2D eigenvalue weighted by Gasteiger charge is -2.26. The molecule has 4 aromatic rings. The predicted octanol–water partition coefficient (Wildman–Crippen LogP) is 4.24. The molecule has 1 aromatic heterocycles. The zero-order valence-electron chi connectivity index (χ0n) is 23.0. The van der Waals surface area contributed by atoms with Crippen LogP contribution < -0.4 is 20.1 Å². The Morgan fingerprint density at radius 2 is 1.74 bits per heavy atom. The Kier molecular flexibility index (Phi) is 9.72. The number of amides is 1. The molecule has 0 bridgehead atoms. The molecule has 0 saturated carbocycles. The normalized spacial score (nSPS) is 14.0. The monoisotopic (exact) mass is 702 g/mol. The fourth-order valence-corrected chi connectivity index (χ4v) is 5.96. The van der Waals surface area contributed by atoms with Gasteiger partial charge in [0.15, 0.2) is 11.6 Å². The van der Waals surface area contributed by atoms with Crippen LogP contribution in [0.4, 0.5) is 17.3 Å². The first-order valence-corrected chi connectivity index (χ1v) is 16.0. The molecule has 2 heterocycles. The Morgan fingerprint density at radius 3 is 2.48 bits per heavy atom. The number of carbonyl (C=O) groups is 1. The maximum atomic E-state index is 13.5. The van der Waals surface area contributed by atoms with E-state index in [9.17, 15) is 13.2 Å². The van der Waals surface area contributed by atoms with Crippen LogP contribution in [0.1, 0.15) is 16.8 Å². The van der Waals surface area contributed by atoms with Gasteiger partial charge in [-0.2, -0.15) is 0 Å². The summed E-state index contributed by atoms with van der Waals surface area (Å²) in [5, 5.41) is 6.08. The van der Waals surface area contributed by atoms with Gasteiger partial charge in [-0.1, -0.05) is 18.2 Å². The van der Waals surface area contributed by atoms with Gasteiger partial charge >= 0.3 is 0 Å². The number of nitrogens with zero attached hydrogens (tertiary/aromatic N) is 3. The summed E-state index contributed by atoms with van der Waals surface area (Å²) >= 11 is 2.17. The molecule has 0 spiro atoms. The number of hydrogen-bond donors (Lipinski definition) is 3. The molecule has 0 unspecified atom stereocenters. The smallest absolute Gasteiger partial charge is 0.263 e. The van der Waals surface area contributed by atoms with Crippen molar-refractivity contribution in [1.29, 1.82) is 0 Å². The molecular weight excluding hydrogens is 671 g/mol. The summed E-state index contributed by atoms with van der Waals surface area (Å²) in [4.78, 5) is 24.3. The molecule has 1 fully saturated rings. The lowest BCUT2D eigenvalue weighted by molar-refractivity contribution is 0.0374. The topological polar surface area (TPSA) is 135 Å². The molecule has 3 N–H and O–H groups in total. The first-order chi connectivity index (χ1) is 20.3. The second-order valence-electron chi connectivity index (χ2n) is 9.58. The number of sulfonamides is 1. The zero-order chi connectivity index (χ0) is 29.5. The Balaban J connectivity index is 1.34. The molecule has 42 heavy (non-hydrogen) atoms. The van der Waals surface area contributed by atoms with Crippen LogP contribution in [-0.2, 0) is 14.8 Å². The van der Waals surface area contributed by atoms with Gasteiger partial charge in [0.05, 0.1) is 41.9 Å². The fraction of sp³-hybridized carbons (Fsp3) is 0.276. The first-order valence-electron chi connectivity index (χ1n) is 13.4. The fourth-order valence-electron chi connectivity index (χ4n) is 4.44. The van der Waals surface area contributed by atoms with Gasteiger partial charge in [0.25, 0.3) is 15.9 Å². The Bertz CT molecular complexity index is 1680. The highest BCUT2D eigenvalue weighted by atomic mass is 127. The number of anilines is 3. The van der Waals surface area contributed by atoms with Crippen LogP contribution in [0, 0.1) is 3.57 Å². The maximum Gasteiger partial charge on any atom is 0.263 e. The summed E-state index contributed by atoms with van der Waals surface area (Å²) in [5.41, 5.74) is 2.03. The molecular formula is C29H31IN6O5S. The van der Waals surface area contributed by atoms with Crippen LogP contribution >= 0.6 is 22.6 Å². The van der Waals surface area contributed by atoms with E-state index in [2.05, 4.69) is 52.8 Å². The van der Waals surface area contributed by atoms with E-state index in [0.29, 0.717) is 29.0 Å². The number of fused-ring (bicyclic) bond motifs is 1. The van der Waals surface area contributed by atoms with E-state index in [0.717, 1.165) is 42.8 Å². The van der Waals surface area contributed by atoms with Crippen LogP contribution in [0.2, 0.25) is 0 Å².